The summed E-state index contributed by atoms with van der Waals surface area (Å²) in [4.78, 5) is 72.8. The summed E-state index contributed by atoms with van der Waals surface area (Å²) in [6.45, 7) is 9.54. The third kappa shape index (κ3) is 72.2. The van der Waals surface area contributed by atoms with Crippen LogP contribution in [0.1, 0.15) is 408 Å². The zero-order valence-electron chi connectivity index (χ0n) is 63.4. The monoisotopic (exact) mass is 1420 g/mol. The molecule has 0 heterocycles. The number of carbonyl (C=O) groups is 4. The van der Waals surface area contributed by atoms with Gasteiger partial charge in [-0.3, -0.25) is 37.3 Å². The van der Waals surface area contributed by atoms with Crippen molar-refractivity contribution < 1.29 is 80.2 Å². The Morgan fingerprint density at radius 1 is 0.278 bits per heavy atom. The highest BCUT2D eigenvalue weighted by atomic mass is 31.2. The van der Waals surface area contributed by atoms with E-state index >= 15 is 0 Å². The van der Waals surface area contributed by atoms with E-state index in [2.05, 4.69) is 41.5 Å². The minimum absolute atomic E-state index is 0.106. The van der Waals surface area contributed by atoms with Crippen LogP contribution in [0.2, 0.25) is 0 Å². The largest absolute Gasteiger partial charge is 0.472 e. The van der Waals surface area contributed by atoms with Gasteiger partial charge >= 0.3 is 39.5 Å². The Morgan fingerprint density at radius 3 is 0.701 bits per heavy atom. The summed E-state index contributed by atoms with van der Waals surface area (Å²) in [6.07, 6.45) is 58.5. The molecule has 19 heteroatoms. The number of unbranched alkanes of at least 4 members (excludes halogenated alkanes) is 47. The molecule has 576 valence electrons. The van der Waals surface area contributed by atoms with Crippen LogP contribution in [0.25, 0.3) is 0 Å². The maximum absolute atomic E-state index is 13.1. The van der Waals surface area contributed by atoms with E-state index in [1.807, 2.05) is 0 Å². The van der Waals surface area contributed by atoms with Crippen molar-refractivity contribution in [2.24, 2.45) is 11.8 Å². The molecule has 0 saturated carbocycles. The topological polar surface area (TPSA) is 237 Å². The fourth-order valence-corrected chi connectivity index (χ4v) is 13.6. The lowest BCUT2D eigenvalue weighted by Gasteiger charge is -2.21. The second-order valence-electron chi connectivity index (χ2n) is 29.1. The molecule has 0 spiro atoms. The summed E-state index contributed by atoms with van der Waals surface area (Å²) in [5.74, 6) is -0.645. The number of phosphoric acid groups is 2. The first-order valence-electron chi connectivity index (χ1n) is 40.5. The Labute approximate surface area is 594 Å². The van der Waals surface area contributed by atoms with Crippen molar-refractivity contribution in [2.75, 3.05) is 39.6 Å². The molecule has 0 saturated heterocycles. The van der Waals surface area contributed by atoms with E-state index in [1.165, 1.54) is 218 Å². The minimum atomic E-state index is -4.96. The minimum Gasteiger partial charge on any atom is -0.462 e. The number of phosphoric ester groups is 2. The van der Waals surface area contributed by atoms with Crippen LogP contribution in [0.3, 0.4) is 0 Å². The van der Waals surface area contributed by atoms with Gasteiger partial charge in [0.1, 0.15) is 19.3 Å². The highest BCUT2D eigenvalue weighted by Gasteiger charge is 2.30. The Morgan fingerprint density at radius 2 is 0.474 bits per heavy atom. The van der Waals surface area contributed by atoms with E-state index in [0.717, 1.165) is 102 Å². The first-order valence-corrected chi connectivity index (χ1v) is 43.5. The molecule has 0 aromatic carbocycles. The molecule has 2 unspecified atom stereocenters. The Hall–Kier alpha value is -1.94. The third-order valence-electron chi connectivity index (χ3n) is 18.2. The molecule has 17 nitrogen and oxygen atoms in total. The number of aliphatic hydroxyl groups is 1. The fraction of sp³-hybridized carbons (Fsp3) is 0.949. The van der Waals surface area contributed by atoms with Gasteiger partial charge in [-0.15, -0.1) is 0 Å². The van der Waals surface area contributed by atoms with Crippen LogP contribution in [0.5, 0.6) is 0 Å². The van der Waals surface area contributed by atoms with Crippen LogP contribution in [0, 0.1) is 11.8 Å². The van der Waals surface area contributed by atoms with Crippen LogP contribution < -0.4 is 0 Å². The molecule has 0 aliphatic rings. The van der Waals surface area contributed by atoms with E-state index < -0.39 is 97.5 Å². The van der Waals surface area contributed by atoms with E-state index in [4.69, 9.17) is 37.0 Å². The smallest absolute Gasteiger partial charge is 0.462 e. The molecule has 0 aromatic rings. The molecule has 0 radical (unpaired) electrons. The molecule has 0 aromatic heterocycles. The lowest BCUT2D eigenvalue weighted by molar-refractivity contribution is -0.161. The lowest BCUT2D eigenvalue weighted by Crippen LogP contribution is -2.30. The van der Waals surface area contributed by atoms with Crippen molar-refractivity contribution in [1.82, 2.24) is 0 Å². The molecule has 0 aliphatic carbocycles. The molecule has 0 aliphatic heterocycles. The Kier molecular flexibility index (Phi) is 68.4. The molecule has 5 atom stereocenters. The third-order valence-corrected chi connectivity index (χ3v) is 20.1. The van der Waals surface area contributed by atoms with Crippen molar-refractivity contribution in [3.8, 4) is 0 Å². The van der Waals surface area contributed by atoms with Crippen molar-refractivity contribution in [3.05, 3.63) is 0 Å². The van der Waals surface area contributed by atoms with Crippen LogP contribution in [-0.4, -0.2) is 96.7 Å². The van der Waals surface area contributed by atoms with Gasteiger partial charge in [-0.1, -0.05) is 356 Å². The van der Waals surface area contributed by atoms with Crippen molar-refractivity contribution in [3.63, 3.8) is 0 Å². The summed E-state index contributed by atoms with van der Waals surface area (Å²) in [7, 11) is -9.91. The van der Waals surface area contributed by atoms with Crippen molar-refractivity contribution >= 4 is 39.5 Å². The number of hydrogen-bond acceptors (Lipinski definition) is 15. The molecule has 0 amide bonds. The van der Waals surface area contributed by atoms with E-state index in [1.54, 1.807) is 0 Å². The summed E-state index contributed by atoms with van der Waals surface area (Å²) in [5.41, 5.74) is 0. The predicted molar refractivity (Wildman–Crippen MR) is 395 cm³/mol. The number of aliphatic hydroxyl groups excluding tert-OH is 1. The quantitative estimate of drug-likeness (QED) is 0.0222. The van der Waals surface area contributed by atoms with Gasteiger partial charge < -0.3 is 33.8 Å². The van der Waals surface area contributed by atoms with Crippen molar-refractivity contribution in [1.29, 1.82) is 0 Å². The SMILES string of the molecule is CCCCCCCCCCCCCCCCCCCCCCCC(=O)O[C@H](COC(=O)CCCCCCCCCCCCCCCC(C)C)COP(=O)(O)OC[C@@H](O)COP(=O)(O)OC[C@@H](COC(=O)CCCCCCCCC(C)C)OC(=O)CCCCCCCCCCCCC. The van der Waals surface area contributed by atoms with Gasteiger partial charge in [-0.05, 0) is 37.5 Å². The molecule has 0 bridgehead atoms. The van der Waals surface area contributed by atoms with Gasteiger partial charge in [0.15, 0.2) is 12.2 Å². The number of rotatable bonds is 77. The second-order valence-corrected chi connectivity index (χ2v) is 32.0. The fourth-order valence-electron chi connectivity index (χ4n) is 12.0. The first-order chi connectivity index (χ1) is 46.9. The number of esters is 4. The van der Waals surface area contributed by atoms with E-state index in [9.17, 15) is 43.2 Å². The van der Waals surface area contributed by atoms with Gasteiger partial charge in [-0.2, -0.15) is 0 Å². The molecule has 97 heavy (non-hydrogen) atoms. The van der Waals surface area contributed by atoms with Crippen LogP contribution in [-0.2, 0) is 65.4 Å². The van der Waals surface area contributed by atoms with E-state index in [0.29, 0.717) is 31.6 Å². The van der Waals surface area contributed by atoms with Crippen LogP contribution in [0.15, 0.2) is 0 Å². The second kappa shape index (κ2) is 69.8. The maximum Gasteiger partial charge on any atom is 0.472 e. The highest BCUT2D eigenvalue weighted by molar-refractivity contribution is 7.47. The Bertz CT molecular complexity index is 1870. The normalized spacial score (nSPS) is 14.0. The molecular formula is C78H152O17P2. The molecular weight excluding hydrogens is 1270 g/mol. The van der Waals surface area contributed by atoms with E-state index in [-0.39, 0.29) is 25.7 Å². The standard InChI is InChI=1S/C78H152O17P2/c1-7-9-11-13-15-17-19-20-21-22-23-24-25-26-27-30-35-39-43-51-57-63-78(83)94-73(66-88-75(80)60-54-48-41-37-34-31-28-29-33-36-40-46-52-58-70(3)4)68-92-96(84,85)90-64-72(79)65-91-97(86,87)93-69-74(67-89-76(81)61-55-49-45-44-47-53-59-71(5)6)95-77(82)62-56-50-42-38-32-18-16-14-12-10-8-2/h70-74,79H,7-69H2,1-6H3,(H,84,85)(H,86,87)/t72-,73-,74-/m1/s1. The molecule has 3 N–H and O–H groups in total. The maximum atomic E-state index is 13.1. The predicted octanol–water partition coefficient (Wildman–Crippen LogP) is 23.1. The molecule has 0 fully saturated rings. The number of ether oxygens (including phenoxy) is 4. The van der Waals surface area contributed by atoms with Gasteiger partial charge in [0.05, 0.1) is 26.4 Å². The van der Waals surface area contributed by atoms with Gasteiger partial charge in [0, 0.05) is 25.7 Å². The van der Waals surface area contributed by atoms with Gasteiger partial charge in [-0.25, -0.2) is 9.13 Å². The summed E-state index contributed by atoms with van der Waals surface area (Å²) in [6, 6.07) is 0. The number of carbonyl (C=O) groups excluding carboxylic acids is 4. The lowest BCUT2D eigenvalue weighted by atomic mass is 10.0. The van der Waals surface area contributed by atoms with Gasteiger partial charge in [0.25, 0.3) is 0 Å². The van der Waals surface area contributed by atoms with Crippen LogP contribution >= 0.6 is 15.6 Å². The van der Waals surface area contributed by atoms with Crippen LogP contribution in [0.4, 0.5) is 0 Å². The zero-order valence-corrected chi connectivity index (χ0v) is 65.2. The summed E-state index contributed by atoms with van der Waals surface area (Å²) < 4.78 is 68.5. The van der Waals surface area contributed by atoms with Crippen molar-refractivity contribution in [2.45, 2.75) is 426 Å². The number of hydrogen-bond donors (Lipinski definition) is 3. The first kappa shape index (κ1) is 95.1. The Balaban J connectivity index is 5.19. The summed E-state index contributed by atoms with van der Waals surface area (Å²) in [5, 5.41) is 10.6. The van der Waals surface area contributed by atoms with Gasteiger partial charge in [0.2, 0.25) is 0 Å². The molecule has 0 rings (SSSR count). The summed E-state index contributed by atoms with van der Waals surface area (Å²) >= 11 is 0. The highest BCUT2D eigenvalue weighted by Crippen LogP contribution is 2.45. The average molecular weight is 1420 g/mol. The zero-order chi connectivity index (χ0) is 71.4. The average Bonchev–Trinajstić information content (AvgIpc) is 1.27.